The van der Waals surface area contributed by atoms with Crippen LogP contribution in [0.25, 0.3) is 0 Å². The molecule has 0 saturated heterocycles. The molecule has 0 heterocycles. The molecule has 0 saturated carbocycles. The summed E-state index contributed by atoms with van der Waals surface area (Å²) in [7, 11) is 0. The van der Waals surface area contributed by atoms with E-state index < -0.39 is 10.9 Å². The molecule has 2 N–H and O–H groups in total. The van der Waals surface area contributed by atoms with Crippen molar-refractivity contribution in [1.29, 1.82) is 0 Å². The van der Waals surface area contributed by atoms with Crippen LogP contribution in [0.2, 0.25) is 5.02 Å². The fraction of sp³-hybridized carbons (Fsp3) is 0.0714. The van der Waals surface area contributed by atoms with Crippen molar-refractivity contribution in [3.8, 4) is 0 Å². The number of aromatic carboxylic acids is 1. The summed E-state index contributed by atoms with van der Waals surface area (Å²) in [5, 5.41) is 23.3. The van der Waals surface area contributed by atoms with Crippen LogP contribution in [0, 0.1) is 10.1 Å². The van der Waals surface area contributed by atoms with Crippen molar-refractivity contribution in [2.24, 2.45) is 0 Å². The zero-order valence-corrected chi connectivity index (χ0v) is 11.5. The minimum Gasteiger partial charge on any atom is -0.478 e. The number of anilines is 1. The third-order valence-electron chi connectivity index (χ3n) is 2.82. The Morgan fingerprint density at radius 3 is 2.67 bits per heavy atom. The summed E-state index contributed by atoms with van der Waals surface area (Å²) in [6.07, 6.45) is 0. The number of carbonyl (C=O) groups is 1. The van der Waals surface area contributed by atoms with Gasteiger partial charge in [-0.2, -0.15) is 0 Å². The molecule has 0 atom stereocenters. The quantitative estimate of drug-likeness (QED) is 0.651. The van der Waals surface area contributed by atoms with Gasteiger partial charge >= 0.3 is 5.97 Å². The Morgan fingerprint density at radius 1 is 1.29 bits per heavy atom. The van der Waals surface area contributed by atoms with E-state index in [-0.39, 0.29) is 16.9 Å². The van der Waals surface area contributed by atoms with Gasteiger partial charge in [0.1, 0.15) is 0 Å². The number of carboxylic acid groups (broad SMARTS) is 1. The monoisotopic (exact) mass is 306 g/mol. The molecule has 21 heavy (non-hydrogen) atoms. The lowest BCUT2D eigenvalue weighted by molar-refractivity contribution is -0.384. The Morgan fingerprint density at radius 2 is 2.05 bits per heavy atom. The molecule has 0 spiro atoms. The topological polar surface area (TPSA) is 92.5 Å². The molecular weight excluding hydrogens is 296 g/mol. The number of nitrogens with zero attached hydrogens (tertiary/aromatic N) is 1. The molecule has 0 aliphatic rings. The molecule has 2 rings (SSSR count). The van der Waals surface area contributed by atoms with Crippen LogP contribution in [0.3, 0.4) is 0 Å². The highest BCUT2D eigenvalue weighted by molar-refractivity contribution is 6.30. The normalized spacial score (nSPS) is 10.1. The van der Waals surface area contributed by atoms with E-state index in [9.17, 15) is 14.9 Å². The summed E-state index contributed by atoms with van der Waals surface area (Å²) in [6, 6.07) is 10.6. The molecule has 0 unspecified atom stereocenters. The van der Waals surface area contributed by atoms with Crippen molar-refractivity contribution in [3.63, 3.8) is 0 Å². The van der Waals surface area contributed by atoms with Crippen LogP contribution in [0.5, 0.6) is 0 Å². The fourth-order valence-electron chi connectivity index (χ4n) is 1.82. The van der Waals surface area contributed by atoms with Crippen LogP contribution in [0.15, 0.2) is 42.5 Å². The maximum atomic E-state index is 11.1. The van der Waals surface area contributed by atoms with Gasteiger partial charge in [-0.25, -0.2) is 4.79 Å². The molecule has 0 bridgehead atoms. The van der Waals surface area contributed by atoms with Crippen LogP contribution in [0.1, 0.15) is 15.9 Å². The SMILES string of the molecule is O=C(O)c1ccc([N+](=O)[O-])cc1NCc1cccc(Cl)c1. The molecule has 0 fully saturated rings. The minimum atomic E-state index is -1.15. The van der Waals surface area contributed by atoms with Crippen molar-refractivity contribution < 1.29 is 14.8 Å². The highest BCUT2D eigenvalue weighted by atomic mass is 35.5. The standard InChI is InChI=1S/C14H11ClN2O4/c15-10-3-1-2-9(6-10)8-16-13-7-11(17(20)21)4-5-12(13)14(18)19/h1-7,16H,8H2,(H,18,19). The van der Waals surface area contributed by atoms with Crippen molar-refractivity contribution in [1.82, 2.24) is 0 Å². The van der Waals surface area contributed by atoms with Gasteiger partial charge in [0.15, 0.2) is 0 Å². The van der Waals surface area contributed by atoms with E-state index in [1.807, 2.05) is 6.07 Å². The number of rotatable bonds is 5. The van der Waals surface area contributed by atoms with E-state index in [0.29, 0.717) is 11.6 Å². The number of nitro groups is 1. The van der Waals surface area contributed by atoms with E-state index in [4.69, 9.17) is 16.7 Å². The molecule has 7 heteroatoms. The van der Waals surface area contributed by atoms with Gasteiger partial charge in [-0.3, -0.25) is 10.1 Å². The highest BCUT2D eigenvalue weighted by Gasteiger charge is 2.15. The molecule has 0 amide bonds. The summed E-state index contributed by atoms with van der Waals surface area (Å²) in [5.41, 5.74) is 0.832. The van der Waals surface area contributed by atoms with Crippen LogP contribution >= 0.6 is 11.6 Å². The lowest BCUT2D eigenvalue weighted by Gasteiger charge is -2.10. The van der Waals surface area contributed by atoms with Gasteiger partial charge in [0.05, 0.1) is 16.2 Å². The van der Waals surface area contributed by atoms with Gasteiger partial charge in [-0.1, -0.05) is 23.7 Å². The summed E-state index contributed by atoms with van der Waals surface area (Å²) in [5.74, 6) is -1.15. The Kier molecular flexibility index (Phi) is 4.39. The van der Waals surface area contributed by atoms with Gasteiger partial charge in [0, 0.05) is 23.7 Å². The minimum absolute atomic E-state index is 0.0253. The van der Waals surface area contributed by atoms with Gasteiger partial charge < -0.3 is 10.4 Å². The number of hydrogen-bond donors (Lipinski definition) is 2. The highest BCUT2D eigenvalue weighted by Crippen LogP contribution is 2.23. The number of carboxylic acids is 1. The van der Waals surface area contributed by atoms with Crippen LogP contribution < -0.4 is 5.32 Å². The third-order valence-corrected chi connectivity index (χ3v) is 3.05. The molecule has 0 aliphatic carbocycles. The first-order chi connectivity index (χ1) is 9.97. The number of nitro benzene ring substituents is 1. The summed E-state index contributed by atoms with van der Waals surface area (Å²) < 4.78 is 0. The largest absolute Gasteiger partial charge is 0.478 e. The predicted molar refractivity (Wildman–Crippen MR) is 78.8 cm³/mol. The maximum Gasteiger partial charge on any atom is 0.337 e. The number of nitrogens with one attached hydrogen (secondary N) is 1. The Labute approximate surface area is 125 Å². The second-order valence-corrected chi connectivity index (χ2v) is 4.71. The van der Waals surface area contributed by atoms with Crippen LogP contribution in [0.4, 0.5) is 11.4 Å². The average Bonchev–Trinajstić information content (AvgIpc) is 2.44. The van der Waals surface area contributed by atoms with E-state index >= 15 is 0 Å². The Balaban J connectivity index is 2.26. The number of non-ortho nitro benzene ring substituents is 1. The molecule has 2 aromatic rings. The average molecular weight is 307 g/mol. The van der Waals surface area contributed by atoms with Gasteiger partial charge in [0.25, 0.3) is 5.69 Å². The Bertz CT molecular complexity index is 703. The third kappa shape index (κ3) is 3.70. The second-order valence-electron chi connectivity index (χ2n) is 4.28. The van der Waals surface area contributed by atoms with Crippen molar-refractivity contribution in [3.05, 3.63) is 68.7 Å². The molecule has 0 aromatic heterocycles. The predicted octanol–water partition coefficient (Wildman–Crippen LogP) is 3.56. The van der Waals surface area contributed by atoms with Gasteiger partial charge in [-0.05, 0) is 23.8 Å². The zero-order chi connectivity index (χ0) is 15.4. The van der Waals surface area contributed by atoms with Gasteiger partial charge in [0.2, 0.25) is 0 Å². The first-order valence-corrected chi connectivity index (χ1v) is 6.35. The number of hydrogen-bond acceptors (Lipinski definition) is 4. The van der Waals surface area contributed by atoms with Crippen molar-refractivity contribution >= 4 is 28.9 Å². The zero-order valence-electron chi connectivity index (χ0n) is 10.7. The second kappa shape index (κ2) is 6.23. The summed E-state index contributed by atoms with van der Waals surface area (Å²) in [4.78, 5) is 21.3. The maximum absolute atomic E-state index is 11.1. The smallest absolute Gasteiger partial charge is 0.337 e. The lowest BCUT2D eigenvalue weighted by atomic mass is 10.1. The molecule has 108 valence electrons. The van der Waals surface area contributed by atoms with E-state index in [2.05, 4.69) is 5.32 Å². The number of benzene rings is 2. The van der Waals surface area contributed by atoms with Crippen molar-refractivity contribution in [2.75, 3.05) is 5.32 Å². The molecule has 0 radical (unpaired) electrons. The molecule has 6 nitrogen and oxygen atoms in total. The molecular formula is C14H11ClN2O4. The van der Waals surface area contributed by atoms with Crippen LogP contribution in [-0.2, 0) is 6.54 Å². The first kappa shape index (κ1) is 14.8. The molecule has 0 aliphatic heterocycles. The molecule has 2 aromatic carbocycles. The van der Waals surface area contributed by atoms with Crippen LogP contribution in [-0.4, -0.2) is 16.0 Å². The Hall–Kier alpha value is -2.60. The summed E-state index contributed by atoms with van der Waals surface area (Å²) in [6.45, 7) is 0.308. The van der Waals surface area contributed by atoms with Crippen molar-refractivity contribution in [2.45, 2.75) is 6.54 Å². The fourth-order valence-corrected chi connectivity index (χ4v) is 2.04. The van der Waals surface area contributed by atoms with E-state index in [0.717, 1.165) is 11.6 Å². The number of halogens is 1. The van der Waals surface area contributed by atoms with Gasteiger partial charge in [-0.15, -0.1) is 0 Å². The summed E-state index contributed by atoms with van der Waals surface area (Å²) >= 11 is 5.86. The van der Waals surface area contributed by atoms with E-state index in [1.165, 1.54) is 12.1 Å². The lowest BCUT2D eigenvalue weighted by Crippen LogP contribution is -2.07. The van der Waals surface area contributed by atoms with E-state index in [1.54, 1.807) is 18.2 Å². The first-order valence-electron chi connectivity index (χ1n) is 5.97.